The van der Waals surface area contributed by atoms with Gasteiger partial charge in [-0.25, -0.2) is 12.8 Å². The molecule has 0 amide bonds. The molecule has 0 aliphatic carbocycles. The summed E-state index contributed by atoms with van der Waals surface area (Å²) in [5.41, 5.74) is 0.225. The number of sulfone groups is 1. The van der Waals surface area contributed by atoms with E-state index in [9.17, 15) is 12.8 Å². The normalized spacial score (nSPS) is 12.3. The minimum absolute atomic E-state index is 0.215. The minimum atomic E-state index is -3.72. The molecule has 7 heteroatoms. The number of halogens is 1. The van der Waals surface area contributed by atoms with Crippen LogP contribution in [0.2, 0.25) is 0 Å². The third kappa shape index (κ3) is 4.20. The molecule has 0 heterocycles. The van der Waals surface area contributed by atoms with Crippen LogP contribution in [0.5, 0.6) is 0 Å². The van der Waals surface area contributed by atoms with Gasteiger partial charge in [0.15, 0.2) is 9.84 Å². The van der Waals surface area contributed by atoms with Crippen LogP contribution in [-0.2, 0) is 21.4 Å². The molecular formula is C14H21FO4S2. The quantitative estimate of drug-likeness (QED) is 0.832. The van der Waals surface area contributed by atoms with Crippen LogP contribution in [0.1, 0.15) is 40.2 Å². The van der Waals surface area contributed by atoms with Gasteiger partial charge in [0.05, 0.1) is 4.75 Å². The minimum Gasteiger partial charge on any atom is -0.223 e. The van der Waals surface area contributed by atoms with E-state index < -0.39 is 37.4 Å². The van der Waals surface area contributed by atoms with E-state index >= 15 is 0 Å². The first kappa shape index (κ1) is 19.9. The van der Waals surface area contributed by atoms with Gasteiger partial charge < -0.3 is 0 Å². The lowest BCUT2D eigenvalue weighted by atomic mass is 9.83. The summed E-state index contributed by atoms with van der Waals surface area (Å²) in [5, 5.41) is 0. The second kappa shape index (κ2) is 6.79. The van der Waals surface area contributed by atoms with E-state index in [4.69, 9.17) is 8.42 Å². The maximum Gasteiger partial charge on any atom is 0.335 e. The fraction of sp³-hybridized carbons (Fsp3) is 0.571. The Morgan fingerprint density at radius 2 is 1.48 bits per heavy atom. The van der Waals surface area contributed by atoms with Crippen LogP contribution in [-0.4, -0.2) is 21.6 Å². The molecule has 0 N–H and O–H groups in total. The van der Waals surface area contributed by atoms with E-state index in [0.29, 0.717) is 5.56 Å². The highest BCUT2D eigenvalue weighted by Gasteiger charge is 2.46. The predicted molar refractivity (Wildman–Crippen MR) is 80.8 cm³/mol. The molecule has 0 unspecified atom stereocenters. The van der Waals surface area contributed by atoms with Crippen LogP contribution in [0, 0.1) is 18.2 Å². The van der Waals surface area contributed by atoms with Crippen molar-refractivity contribution in [1.29, 1.82) is 0 Å². The Bertz CT molecular complexity index is 637. The first-order valence-electron chi connectivity index (χ1n) is 6.25. The Morgan fingerprint density at radius 3 is 1.81 bits per heavy atom. The van der Waals surface area contributed by atoms with Gasteiger partial charge in [-0.2, -0.15) is 8.42 Å². The van der Waals surface area contributed by atoms with Gasteiger partial charge in [0.1, 0.15) is 10.7 Å². The lowest BCUT2D eigenvalue weighted by molar-refractivity contribution is 0.301. The Hall–Kier alpha value is -1.08. The fourth-order valence-corrected chi connectivity index (χ4v) is 3.42. The van der Waals surface area contributed by atoms with Crippen LogP contribution in [0.3, 0.4) is 0 Å². The summed E-state index contributed by atoms with van der Waals surface area (Å²) < 4.78 is 54.6. The van der Waals surface area contributed by atoms with E-state index in [1.165, 1.54) is 12.1 Å². The van der Waals surface area contributed by atoms with E-state index in [1.807, 2.05) is 20.8 Å². The first-order valence-corrected chi connectivity index (χ1v) is 8.40. The van der Waals surface area contributed by atoms with Crippen molar-refractivity contribution in [3.63, 3.8) is 0 Å². The van der Waals surface area contributed by atoms with Crippen molar-refractivity contribution in [2.45, 2.75) is 51.2 Å². The second-order valence-corrected chi connectivity index (χ2v) is 8.87. The molecule has 0 fully saturated rings. The van der Waals surface area contributed by atoms with Crippen LogP contribution < -0.4 is 0 Å². The van der Waals surface area contributed by atoms with Crippen LogP contribution >= 0.6 is 0 Å². The number of benzene rings is 1. The molecule has 0 radical (unpaired) electrons. The molecule has 1 rings (SSSR count). The number of rotatable bonds is 2. The molecule has 21 heavy (non-hydrogen) atoms. The number of hydrogen-bond acceptors (Lipinski definition) is 4. The Balaban J connectivity index is 0.00000122. The smallest absolute Gasteiger partial charge is 0.223 e. The second-order valence-electron chi connectivity index (χ2n) is 6.27. The third-order valence-corrected chi connectivity index (χ3v) is 6.72. The first-order chi connectivity index (χ1) is 9.32. The molecule has 0 saturated heterocycles. The van der Waals surface area contributed by atoms with Gasteiger partial charge in [-0.05, 0) is 43.9 Å². The topological polar surface area (TPSA) is 68.3 Å². The summed E-state index contributed by atoms with van der Waals surface area (Å²) in [4.78, 5) is -0.215. The predicted octanol–water partition coefficient (Wildman–Crippen LogP) is 3.06. The van der Waals surface area contributed by atoms with Crippen molar-refractivity contribution in [3.05, 3.63) is 29.6 Å². The molecule has 0 spiro atoms. The van der Waals surface area contributed by atoms with Gasteiger partial charge in [0.2, 0.25) is 0 Å². The summed E-state index contributed by atoms with van der Waals surface area (Å²) >= 11 is -0.750. The molecule has 1 aromatic rings. The highest BCUT2D eigenvalue weighted by molar-refractivity contribution is 7.92. The lowest BCUT2D eigenvalue weighted by Gasteiger charge is -2.38. The highest BCUT2D eigenvalue weighted by atomic mass is 32.2. The molecule has 0 aliphatic heterocycles. The van der Waals surface area contributed by atoms with Crippen molar-refractivity contribution < 1.29 is 21.2 Å². The molecule has 4 nitrogen and oxygen atoms in total. The van der Waals surface area contributed by atoms with Gasteiger partial charge in [-0.1, -0.05) is 26.8 Å². The largest absolute Gasteiger partial charge is 0.335 e. The molecule has 0 aliphatic rings. The highest BCUT2D eigenvalue weighted by Crippen LogP contribution is 2.40. The van der Waals surface area contributed by atoms with E-state index in [2.05, 4.69) is 0 Å². The van der Waals surface area contributed by atoms with Crippen molar-refractivity contribution in [2.24, 2.45) is 5.41 Å². The molecule has 0 saturated carbocycles. The average Bonchev–Trinajstić information content (AvgIpc) is 2.27. The molecule has 120 valence electrons. The SMILES string of the molecule is Cc1ccc(S(=O)(=O)C(C)(C)C(C)(C)C)c(F)c1.O=S=O. The Morgan fingerprint density at radius 1 is 1.05 bits per heavy atom. The van der Waals surface area contributed by atoms with Gasteiger partial charge in [0, 0.05) is 0 Å². The molecule has 0 atom stereocenters. The third-order valence-electron chi connectivity index (χ3n) is 3.85. The van der Waals surface area contributed by atoms with E-state index in [-0.39, 0.29) is 4.90 Å². The molecular weight excluding hydrogens is 315 g/mol. The Kier molecular flexibility index (Phi) is 6.44. The number of hydrogen-bond donors (Lipinski definition) is 0. The van der Waals surface area contributed by atoms with Crippen molar-refractivity contribution in [2.75, 3.05) is 0 Å². The van der Waals surface area contributed by atoms with E-state index in [1.54, 1.807) is 26.8 Å². The maximum atomic E-state index is 13.9. The standard InChI is InChI=1S/C14H21FO2S.O2S/c1-10-7-8-12(11(15)9-10)18(16,17)14(5,6)13(2,3)4;1-3-2/h7-9H,1-6H3;. The summed E-state index contributed by atoms with van der Waals surface area (Å²) in [5.74, 6) is -0.674. The van der Waals surface area contributed by atoms with Gasteiger partial charge in [-0.15, -0.1) is 0 Å². The summed E-state index contributed by atoms with van der Waals surface area (Å²) in [6, 6.07) is 4.23. The monoisotopic (exact) mass is 336 g/mol. The lowest BCUT2D eigenvalue weighted by Crippen LogP contribution is -2.44. The molecule has 0 aromatic heterocycles. The van der Waals surface area contributed by atoms with Crippen LogP contribution in [0.4, 0.5) is 4.39 Å². The summed E-state index contributed by atoms with van der Waals surface area (Å²) in [7, 11) is -3.72. The van der Waals surface area contributed by atoms with Crippen molar-refractivity contribution in [1.82, 2.24) is 0 Å². The van der Waals surface area contributed by atoms with Crippen LogP contribution in [0.25, 0.3) is 0 Å². The summed E-state index contributed by atoms with van der Waals surface area (Å²) in [6.07, 6.45) is 0. The zero-order valence-electron chi connectivity index (χ0n) is 13.1. The van der Waals surface area contributed by atoms with E-state index in [0.717, 1.165) is 0 Å². The van der Waals surface area contributed by atoms with Gasteiger partial charge >= 0.3 is 11.6 Å². The zero-order valence-corrected chi connectivity index (χ0v) is 14.7. The van der Waals surface area contributed by atoms with Crippen molar-refractivity contribution in [3.8, 4) is 0 Å². The fourth-order valence-electron chi connectivity index (χ4n) is 1.50. The van der Waals surface area contributed by atoms with Crippen molar-refractivity contribution >= 4 is 21.4 Å². The van der Waals surface area contributed by atoms with Crippen LogP contribution in [0.15, 0.2) is 23.1 Å². The summed E-state index contributed by atoms with van der Waals surface area (Å²) in [6.45, 7) is 10.5. The number of aryl methyl sites for hydroxylation is 1. The Labute approximate surface area is 129 Å². The van der Waals surface area contributed by atoms with Gasteiger partial charge in [-0.3, -0.25) is 0 Å². The average molecular weight is 336 g/mol. The maximum absolute atomic E-state index is 13.9. The zero-order chi connectivity index (χ0) is 17.1. The molecule has 0 bridgehead atoms. The van der Waals surface area contributed by atoms with Gasteiger partial charge in [0.25, 0.3) is 0 Å². The molecule has 1 aromatic carbocycles.